The van der Waals surface area contributed by atoms with Crippen LogP contribution in [0.15, 0.2) is 56.8 Å². The van der Waals surface area contributed by atoms with Crippen molar-refractivity contribution < 1.29 is 8.42 Å². The minimum Gasteiger partial charge on any atom is -0.279 e. The maximum atomic E-state index is 12.4. The molecule has 0 atom stereocenters. The van der Waals surface area contributed by atoms with E-state index in [2.05, 4.69) is 9.82 Å². The third kappa shape index (κ3) is 3.50. The monoisotopic (exact) mass is 381 g/mol. The van der Waals surface area contributed by atoms with E-state index in [1.807, 2.05) is 0 Å². The van der Waals surface area contributed by atoms with Crippen molar-refractivity contribution in [2.24, 2.45) is 7.05 Å². The van der Waals surface area contributed by atoms with E-state index in [1.165, 1.54) is 23.9 Å². The van der Waals surface area contributed by atoms with Gasteiger partial charge in [0.15, 0.2) is 0 Å². The van der Waals surface area contributed by atoms with Gasteiger partial charge in [0.05, 0.1) is 5.69 Å². The first-order valence-corrected chi connectivity index (χ1v) is 9.51. The number of hydrogen-bond acceptors (Lipinski definition) is 5. The Morgan fingerprint density at radius 1 is 1.17 bits per heavy atom. The van der Waals surface area contributed by atoms with Crippen LogP contribution in [0.25, 0.3) is 11.3 Å². The number of aryl methyl sites for hydroxylation is 1. The van der Waals surface area contributed by atoms with Crippen molar-refractivity contribution in [2.75, 3.05) is 4.72 Å². The first-order chi connectivity index (χ1) is 11.3. The molecule has 0 aliphatic rings. The van der Waals surface area contributed by atoms with Gasteiger partial charge in [-0.1, -0.05) is 11.6 Å². The fourth-order valence-electron chi connectivity index (χ4n) is 1.97. The summed E-state index contributed by atoms with van der Waals surface area (Å²) in [6.07, 6.45) is 0. The number of rotatable bonds is 4. The molecule has 124 valence electrons. The average Bonchev–Trinajstić information content (AvgIpc) is 3.03. The molecular formula is C15H12ClN3O3S2. The van der Waals surface area contributed by atoms with Gasteiger partial charge < -0.3 is 0 Å². The zero-order valence-electron chi connectivity index (χ0n) is 12.4. The second-order valence-electron chi connectivity index (χ2n) is 4.95. The maximum absolute atomic E-state index is 12.4. The predicted octanol–water partition coefficient (Wildman–Crippen LogP) is 2.96. The van der Waals surface area contributed by atoms with Crippen molar-refractivity contribution in [1.29, 1.82) is 0 Å². The van der Waals surface area contributed by atoms with Gasteiger partial charge in [-0.25, -0.2) is 13.1 Å². The van der Waals surface area contributed by atoms with Gasteiger partial charge >= 0.3 is 0 Å². The Hall–Kier alpha value is -2.16. The number of aromatic nitrogens is 2. The summed E-state index contributed by atoms with van der Waals surface area (Å²) in [5, 5.41) is 6.32. The summed E-state index contributed by atoms with van der Waals surface area (Å²) in [6.45, 7) is 0. The second-order valence-corrected chi connectivity index (χ2v) is 8.20. The summed E-state index contributed by atoms with van der Waals surface area (Å²) in [5.74, 6) is 0. The third-order valence-corrected chi connectivity index (χ3v) is 6.27. The first kappa shape index (κ1) is 16.7. The minimum absolute atomic E-state index is 0.156. The van der Waals surface area contributed by atoms with E-state index in [1.54, 1.807) is 35.7 Å². The summed E-state index contributed by atoms with van der Waals surface area (Å²) < 4.78 is 28.7. The van der Waals surface area contributed by atoms with E-state index in [-0.39, 0.29) is 9.77 Å². The minimum atomic E-state index is -3.70. The highest BCUT2D eigenvalue weighted by molar-refractivity contribution is 7.94. The molecule has 0 radical (unpaired) electrons. The zero-order valence-corrected chi connectivity index (χ0v) is 14.8. The number of nitrogens with zero attached hydrogens (tertiary/aromatic N) is 2. The highest BCUT2D eigenvalue weighted by atomic mass is 35.5. The SMILES string of the molecule is Cn1nc(-c2csc(S(=O)(=O)Nc3ccc(Cl)cc3)c2)ccc1=O. The number of hydrogen-bond donors (Lipinski definition) is 1. The molecule has 2 aromatic heterocycles. The largest absolute Gasteiger partial charge is 0.279 e. The van der Waals surface area contributed by atoms with Crippen molar-refractivity contribution in [1.82, 2.24) is 9.78 Å². The molecule has 0 saturated heterocycles. The van der Waals surface area contributed by atoms with Gasteiger partial charge in [-0.2, -0.15) is 5.10 Å². The lowest BCUT2D eigenvalue weighted by Gasteiger charge is -2.05. The van der Waals surface area contributed by atoms with Crippen LogP contribution in [0.5, 0.6) is 0 Å². The van der Waals surface area contributed by atoms with Gasteiger partial charge in [-0.05, 0) is 36.4 Å². The predicted molar refractivity (Wildman–Crippen MR) is 95.1 cm³/mol. The lowest BCUT2D eigenvalue weighted by molar-refractivity contribution is 0.603. The second kappa shape index (κ2) is 6.39. The Morgan fingerprint density at radius 2 is 1.88 bits per heavy atom. The van der Waals surface area contributed by atoms with E-state index in [9.17, 15) is 13.2 Å². The lowest BCUT2D eigenvalue weighted by atomic mass is 10.2. The molecule has 0 fully saturated rings. The van der Waals surface area contributed by atoms with Crippen molar-refractivity contribution in [3.63, 3.8) is 0 Å². The van der Waals surface area contributed by atoms with Crippen LogP contribution >= 0.6 is 22.9 Å². The average molecular weight is 382 g/mol. The Kier molecular flexibility index (Phi) is 4.44. The molecule has 0 aliphatic carbocycles. The molecule has 3 aromatic rings. The maximum Gasteiger partial charge on any atom is 0.271 e. The van der Waals surface area contributed by atoms with Crippen molar-refractivity contribution in [3.8, 4) is 11.3 Å². The highest BCUT2D eigenvalue weighted by Gasteiger charge is 2.18. The van der Waals surface area contributed by atoms with Crippen LogP contribution in [-0.4, -0.2) is 18.2 Å². The van der Waals surface area contributed by atoms with Gasteiger partial charge in [0.25, 0.3) is 15.6 Å². The standard InChI is InChI=1S/C15H12ClN3O3S2/c1-19-14(20)7-6-13(17-19)10-8-15(23-9-10)24(21,22)18-12-4-2-11(16)3-5-12/h2-9,18H,1H3. The van der Waals surface area contributed by atoms with E-state index in [4.69, 9.17) is 11.6 Å². The summed E-state index contributed by atoms with van der Waals surface area (Å²) >= 11 is 6.87. The smallest absolute Gasteiger partial charge is 0.271 e. The van der Waals surface area contributed by atoms with E-state index < -0.39 is 10.0 Å². The summed E-state index contributed by atoms with van der Waals surface area (Å²) in [4.78, 5) is 11.4. The Labute approximate surface area is 147 Å². The number of anilines is 1. The van der Waals surface area contributed by atoms with Gasteiger partial charge in [0.2, 0.25) is 0 Å². The number of benzene rings is 1. The fourth-order valence-corrected chi connectivity index (χ4v) is 4.33. The molecule has 0 spiro atoms. The Morgan fingerprint density at radius 3 is 2.54 bits per heavy atom. The van der Waals surface area contributed by atoms with E-state index in [0.717, 1.165) is 11.3 Å². The van der Waals surface area contributed by atoms with Crippen molar-refractivity contribution >= 4 is 38.6 Å². The molecule has 3 rings (SSSR count). The normalized spacial score (nSPS) is 11.4. The van der Waals surface area contributed by atoms with Crippen LogP contribution in [-0.2, 0) is 17.1 Å². The van der Waals surface area contributed by atoms with Crippen LogP contribution in [0.1, 0.15) is 0 Å². The molecule has 9 heteroatoms. The number of thiophene rings is 1. The number of nitrogens with one attached hydrogen (secondary N) is 1. The molecule has 2 heterocycles. The van der Waals surface area contributed by atoms with Gasteiger partial charge in [0.1, 0.15) is 4.21 Å². The Bertz CT molecular complexity index is 1040. The molecule has 24 heavy (non-hydrogen) atoms. The zero-order chi connectivity index (χ0) is 17.3. The fraction of sp³-hybridized carbons (Fsp3) is 0.0667. The van der Waals surface area contributed by atoms with Crippen LogP contribution < -0.4 is 10.3 Å². The Balaban J connectivity index is 1.89. The lowest BCUT2D eigenvalue weighted by Crippen LogP contribution is -2.18. The summed E-state index contributed by atoms with van der Waals surface area (Å²) in [5.41, 5.74) is 1.36. The molecular weight excluding hydrogens is 370 g/mol. The molecule has 0 bridgehead atoms. The van der Waals surface area contributed by atoms with Gasteiger partial charge in [0, 0.05) is 34.8 Å². The van der Waals surface area contributed by atoms with Crippen LogP contribution in [0, 0.1) is 0 Å². The van der Waals surface area contributed by atoms with Crippen LogP contribution in [0.3, 0.4) is 0 Å². The molecule has 1 aromatic carbocycles. The summed E-state index contributed by atoms with van der Waals surface area (Å²) in [7, 11) is -2.16. The molecule has 0 aliphatic heterocycles. The van der Waals surface area contributed by atoms with E-state index >= 15 is 0 Å². The number of sulfonamides is 1. The quantitative estimate of drug-likeness (QED) is 0.753. The molecule has 0 amide bonds. The van der Waals surface area contributed by atoms with Gasteiger partial charge in [-0.3, -0.25) is 9.52 Å². The van der Waals surface area contributed by atoms with Crippen LogP contribution in [0.2, 0.25) is 5.02 Å². The van der Waals surface area contributed by atoms with Crippen molar-refractivity contribution in [2.45, 2.75) is 4.21 Å². The van der Waals surface area contributed by atoms with E-state index in [0.29, 0.717) is 22.0 Å². The van der Waals surface area contributed by atoms with Crippen molar-refractivity contribution in [3.05, 3.63) is 63.2 Å². The molecule has 0 saturated carbocycles. The molecule has 0 unspecified atom stereocenters. The first-order valence-electron chi connectivity index (χ1n) is 6.77. The number of halogens is 1. The third-order valence-electron chi connectivity index (χ3n) is 3.19. The summed E-state index contributed by atoms with van der Waals surface area (Å²) in [6, 6.07) is 10.9. The molecule has 1 N–H and O–H groups in total. The topological polar surface area (TPSA) is 81.1 Å². The van der Waals surface area contributed by atoms with Crippen LogP contribution in [0.4, 0.5) is 5.69 Å². The highest BCUT2D eigenvalue weighted by Crippen LogP contribution is 2.28. The van der Waals surface area contributed by atoms with Gasteiger partial charge in [-0.15, -0.1) is 11.3 Å². The molecule has 6 nitrogen and oxygen atoms in total.